The monoisotopic (exact) mass is 536 g/mol. The summed E-state index contributed by atoms with van der Waals surface area (Å²) in [6, 6.07) is 5.75. The van der Waals surface area contributed by atoms with Gasteiger partial charge in [0.1, 0.15) is 11.3 Å². The van der Waals surface area contributed by atoms with Gasteiger partial charge in [-0.05, 0) is 37.5 Å². The van der Waals surface area contributed by atoms with E-state index in [0.29, 0.717) is 54.7 Å². The van der Waals surface area contributed by atoms with E-state index in [4.69, 9.17) is 15.1 Å². The van der Waals surface area contributed by atoms with Crippen LogP contribution in [0.1, 0.15) is 37.1 Å². The van der Waals surface area contributed by atoms with Crippen LogP contribution in [0.5, 0.6) is 0 Å². The fourth-order valence-electron chi connectivity index (χ4n) is 5.15. The number of piperazine rings is 1. The quantitative estimate of drug-likeness (QED) is 0.315. The molecule has 0 bridgehead atoms. The SMILES string of the molecule is CC(O)c1cc2cnc(Nc3ccc(CN4CCN(CCO)CC4)cn3)nc2c(N2CCC(C(=O)O)CC2)n1. The van der Waals surface area contributed by atoms with Crippen molar-refractivity contribution in [2.24, 2.45) is 5.92 Å². The Bertz CT molecular complexity index is 1270. The summed E-state index contributed by atoms with van der Waals surface area (Å²) >= 11 is 0. The van der Waals surface area contributed by atoms with Crippen LogP contribution >= 0.6 is 0 Å². The fourth-order valence-corrected chi connectivity index (χ4v) is 5.15. The van der Waals surface area contributed by atoms with Gasteiger partial charge in [0.2, 0.25) is 5.95 Å². The highest BCUT2D eigenvalue weighted by Crippen LogP contribution is 2.30. The molecule has 2 fully saturated rings. The summed E-state index contributed by atoms with van der Waals surface area (Å²) in [4.78, 5) is 36.6. The number of β-amino-alcohol motifs (C(OH)–C–C–N with tert-alkyl or cyclic N) is 1. The largest absolute Gasteiger partial charge is 0.481 e. The minimum absolute atomic E-state index is 0.200. The van der Waals surface area contributed by atoms with Crippen molar-refractivity contribution in [3.8, 4) is 0 Å². The number of carboxylic acid groups (broad SMARTS) is 1. The van der Waals surface area contributed by atoms with Gasteiger partial charge in [0.25, 0.3) is 0 Å². The number of rotatable bonds is 9. The molecule has 5 heterocycles. The maximum absolute atomic E-state index is 11.4. The maximum Gasteiger partial charge on any atom is 0.306 e. The number of aromatic nitrogens is 4. The molecule has 5 rings (SSSR count). The van der Waals surface area contributed by atoms with E-state index in [1.165, 1.54) is 0 Å². The molecular formula is C27H36N8O4. The second-order valence-corrected chi connectivity index (χ2v) is 10.3. The molecule has 0 saturated carbocycles. The minimum Gasteiger partial charge on any atom is -0.481 e. The molecule has 208 valence electrons. The Hall–Kier alpha value is -3.45. The Kier molecular flexibility index (Phi) is 8.46. The highest BCUT2D eigenvalue weighted by Gasteiger charge is 2.27. The molecule has 12 heteroatoms. The van der Waals surface area contributed by atoms with Crippen molar-refractivity contribution < 1.29 is 20.1 Å². The first-order chi connectivity index (χ1) is 18.9. The maximum atomic E-state index is 11.4. The van der Waals surface area contributed by atoms with Gasteiger partial charge in [-0.2, -0.15) is 0 Å². The zero-order valence-corrected chi connectivity index (χ0v) is 22.2. The van der Waals surface area contributed by atoms with Crippen molar-refractivity contribution in [2.75, 3.05) is 62.6 Å². The molecule has 2 saturated heterocycles. The van der Waals surface area contributed by atoms with E-state index in [2.05, 4.69) is 25.1 Å². The van der Waals surface area contributed by atoms with E-state index in [1.54, 1.807) is 19.2 Å². The number of piperidine rings is 1. The fraction of sp³-hybridized carbons (Fsp3) is 0.519. The highest BCUT2D eigenvalue weighted by atomic mass is 16.4. The summed E-state index contributed by atoms with van der Waals surface area (Å²) in [5.74, 6) is 0.515. The molecule has 3 aromatic rings. The molecule has 4 N–H and O–H groups in total. The Morgan fingerprint density at radius 2 is 1.79 bits per heavy atom. The Balaban J connectivity index is 1.30. The second-order valence-electron chi connectivity index (χ2n) is 10.3. The highest BCUT2D eigenvalue weighted by molar-refractivity contribution is 5.89. The van der Waals surface area contributed by atoms with E-state index in [-0.39, 0.29) is 12.5 Å². The molecule has 0 radical (unpaired) electrons. The van der Waals surface area contributed by atoms with Crippen LogP contribution in [0.3, 0.4) is 0 Å². The van der Waals surface area contributed by atoms with Crippen LogP contribution in [0.4, 0.5) is 17.6 Å². The summed E-state index contributed by atoms with van der Waals surface area (Å²) in [5, 5.41) is 32.6. The number of hydrogen-bond acceptors (Lipinski definition) is 11. The van der Waals surface area contributed by atoms with Gasteiger partial charge in [-0.3, -0.25) is 14.6 Å². The molecular weight excluding hydrogens is 500 g/mol. The Morgan fingerprint density at radius 3 is 2.44 bits per heavy atom. The van der Waals surface area contributed by atoms with Gasteiger partial charge in [0.15, 0.2) is 5.82 Å². The van der Waals surface area contributed by atoms with Gasteiger partial charge in [0, 0.05) is 70.1 Å². The first-order valence-electron chi connectivity index (χ1n) is 13.5. The van der Waals surface area contributed by atoms with Crippen LogP contribution in [0, 0.1) is 5.92 Å². The summed E-state index contributed by atoms with van der Waals surface area (Å²) in [7, 11) is 0. The Labute approximate surface area is 227 Å². The zero-order valence-electron chi connectivity index (χ0n) is 22.2. The molecule has 0 spiro atoms. The van der Waals surface area contributed by atoms with Crippen molar-refractivity contribution >= 4 is 34.5 Å². The molecule has 1 unspecified atom stereocenters. The first kappa shape index (κ1) is 27.1. The molecule has 2 aliphatic heterocycles. The molecule has 0 amide bonds. The lowest BCUT2D eigenvalue weighted by molar-refractivity contribution is -0.142. The summed E-state index contributed by atoms with van der Waals surface area (Å²) < 4.78 is 0. The number of nitrogens with zero attached hydrogens (tertiary/aromatic N) is 7. The van der Waals surface area contributed by atoms with Gasteiger partial charge < -0.3 is 25.5 Å². The normalized spacial score (nSPS) is 18.4. The number of carboxylic acids is 1. The lowest BCUT2D eigenvalue weighted by atomic mass is 9.97. The summed E-state index contributed by atoms with van der Waals surface area (Å²) in [6.45, 7) is 8.37. The van der Waals surface area contributed by atoms with E-state index in [0.717, 1.165) is 50.2 Å². The van der Waals surface area contributed by atoms with Crippen molar-refractivity contribution in [1.82, 2.24) is 29.7 Å². The summed E-state index contributed by atoms with van der Waals surface area (Å²) in [5.41, 5.74) is 2.29. The van der Waals surface area contributed by atoms with Crippen molar-refractivity contribution in [1.29, 1.82) is 0 Å². The average Bonchev–Trinajstić information content (AvgIpc) is 2.95. The second kappa shape index (κ2) is 12.2. The first-order valence-corrected chi connectivity index (χ1v) is 13.5. The number of anilines is 3. The van der Waals surface area contributed by atoms with Crippen LogP contribution in [-0.4, -0.2) is 103 Å². The number of aliphatic carboxylic acids is 1. The van der Waals surface area contributed by atoms with Crippen molar-refractivity contribution in [2.45, 2.75) is 32.4 Å². The number of hydrogen-bond donors (Lipinski definition) is 4. The topological polar surface area (TPSA) is 151 Å². The minimum atomic E-state index is -0.766. The lowest BCUT2D eigenvalue weighted by Crippen LogP contribution is -2.46. The van der Waals surface area contributed by atoms with E-state index >= 15 is 0 Å². The third-order valence-electron chi connectivity index (χ3n) is 7.49. The van der Waals surface area contributed by atoms with Gasteiger partial charge >= 0.3 is 5.97 Å². The molecule has 2 aliphatic rings. The van der Waals surface area contributed by atoms with Gasteiger partial charge in [-0.25, -0.2) is 19.9 Å². The predicted molar refractivity (Wildman–Crippen MR) is 147 cm³/mol. The van der Waals surface area contributed by atoms with Crippen LogP contribution in [0.25, 0.3) is 10.9 Å². The van der Waals surface area contributed by atoms with Crippen LogP contribution in [0.2, 0.25) is 0 Å². The average molecular weight is 537 g/mol. The number of aliphatic hydroxyl groups excluding tert-OH is 2. The molecule has 39 heavy (non-hydrogen) atoms. The third-order valence-corrected chi connectivity index (χ3v) is 7.49. The smallest absolute Gasteiger partial charge is 0.306 e. The van der Waals surface area contributed by atoms with E-state index < -0.39 is 12.1 Å². The van der Waals surface area contributed by atoms with Crippen LogP contribution in [0.15, 0.2) is 30.6 Å². The van der Waals surface area contributed by atoms with Crippen molar-refractivity contribution in [3.05, 3.63) is 41.9 Å². The number of pyridine rings is 2. The molecule has 1 atom stereocenters. The number of carbonyl (C=O) groups is 1. The Morgan fingerprint density at radius 1 is 1.05 bits per heavy atom. The molecule has 0 aliphatic carbocycles. The van der Waals surface area contributed by atoms with Gasteiger partial charge in [-0.1, -0.05) is 6.07 Å². The molecule has 12 nitrogen and oxygen atoms in total. The van der Waals surface area contributed by atoms with Gasteiger partial charge in [-0.15, -0.1) is 0 Å². The molecule has 3 aromatic heterocycles. The summed E-state index contributed by atoms with van der Waals surface area (Å²) in [6.07, 6.45) is 3.87. The molecule has 0 aromatic carbocycles. The van der Waals surface area contributed by atoms with Crippen LogP contribution < -0.4 is 10.2 Å². The van der Waals surface area contributed by atoms with Crippen LogP contribution in [-0.2, 0) is 11.3 Å². The van der Waals surface area contributed by atoms with E-state index in [9.17, 15) is 15.0 Å². The van der Waals surface area contributed by atoms with E-state index in [1.807, 2.05) is 23.2 Å². The standard InChI is InChI=1S/C27H36N8O4/c1-18(37)22-14-21-16-29-27(32-24(21)25(30-22)35-6-4-20(5-7-35)26(38)39)31-23-3-2-19(15-28-23)17-34-10-8-33(9-11-34)12-13-36/h2-3,14-16,18,20,36-37H,4-13,17H2,1H3,(H,38,39)(H,28,29,31,32). The number of nitrogens with one attached hydrogen (secondary N) is 1. The lowest BCUT2D eigenvalue weighted by Gasteiger charge is -2.34. The van der Waals surface area contributed by atoms with Gasteiger partial charge in [0.05, 0.1) is 24.3 Å². The predicted octanol–water partition coefficient (Wildman–Crippen LogP) is 1.63. The number of fused-ring (bicyclic) bond motifs is 1. The van der Waals surface area contributed by atoms with Crippen molar-refractivity contribution in [3.63, 3.8) is 0 Å². The third kappa shape index (κ3) is 6.59. The number of aliphatic hydroxyl groups is 2. The zero-order chi connectivity index (χ0) is 27.4.